The maximum atomic E-state index is 12.1. The van der Waals surface area contributed by atoms with E-state index in [1.165, 1.54) is 19.9 Å². The van der Waals surface area contributed by atoms with Crippen molar-refractivity contribution in [2.24, 2.45) is 0 Å². The Hall–Kier alpha value is -3.28. The summed E-state index contributed by atoms with van der Waals surface area (Å²) >= 11 is 0. The maximum absolute atomic E-state index is 12.1. The van der Waals surface area contributed by atoms with Crippen LogP contribution in [-0.2, 0) is 25.7 Å². The molecule has 0 radical (unpaired) electrons. The summed E-state index contributed by atoms with van der Waals surface area (Å²) in [5, 5.41) is 0. The molecule has 1 aliphatic rings. The third-order valence-corrected chi connectivity index (χ3v) is 4.26. The number of cyclic esters (lactones) is 2. The summed E-state index contributed by atoms with van der Waals surface area (Å²) in [6.45, 7) is 5.38. The summed E-state index contributed by atoms with van der Waals surface area (Å²) in [7, 11) is 1.55. The van der Waals surface area contributed by atoms with Crippen LogP contribution in [0.2, 0.25) is 0 Å². The van der Waals surface area contributed by atoms with Crippen molar-refractivity contribution < 1.29 is 28.5 Å². The normalized spacial score (nSPS) is 15.5. The Morgan fingerprint density at radius 1 is 1.00 bits per heavy atom. The molecule has 0 aliphatic carbocycles. The molecule has 1 heterocycles. The predicted molar refractivity (Wildman–Crippen MR) is 103 cm³/mol. The maximum Gasteiger partial charge on any atom is 0.348 e. The van der Waals surface area contributed by atoms with Crippen LogP contribution < -0.4 is 9.47 Å². The Bertz CT molecular complexity index is 920. The van der Waals surface area contributed by atoms with Gasteiger partial charge in [0.2, 0.25) is 0 Å². The van der Waals surface area contributed by atoms with Gasteiger partial charge in [-0.05, 0) is 41.8 Å². The predicted octanol–water partition coefficient (Wildman–Crippen LogP) is 3.80. The lowest BCUT2D eigenvalue weighted by molar-refractivity contribution is -0.222. The van der Waals surface area contributed by atoms with Crippen LogP contribution in [0, 0.1) is 6.92 Å². The van der Waals surface area contributed by atoms with Crippen molar-refractivity contribution in [3.63, 3.8) is 0 Å². The van der Waals surface area contributed by atoms with Crippen molar-refractivity contribution in [2.75, 3.05) is 7.11 Å². The lowest BCUT2D eigenvalue weighted by Gasteiger charge is -2.29. The van der Waals surface area contributed by atoms with Gasteiger partial charge in [0.05, 0.1) is 7.11 Å². The van der Waals surface area contributed by atoms with Crippen molar-refractivity contribution in [3.8, 4) is 11.5 Å². The third-order valence-electron chi connectivity index (χ3n) is 4.26. The van der Waals surface area contributed by atoms with E-state index in [1.807, 2.05) is 31.2 Å². The molecule has 0 spiro atoms. The van der Waals surface area contributed by atoms with Crippen LogP contribution in [0.5, 0.6) is 11.5 Å². The molecule has 0 unspecified atom stereocenters. The largest absolute Gasteiger partial charge is 0.493 e. The van der Waals surface area contributed by atoms with E-state index < -0.39 is 17.7 Å². The second kappa shape index (κ2) is 7.76. The van der Waals surface area contributed by atoms with E-state index in [2.05, 4.69) is 0 Å². The van der Waals surface area contributed by atoms with E-state index in [0.29, 0.717) is 23.7 Å². The average molecular weight is 382 g/mol. The highest BCUT2D eigenvalue weighted by molar-refractivity contribution is 6.18. The smallest absolute Gasteiger partial charge is 0.348 e. The average Bonchev–Trinajstić information content (AvgIpc) is 2.63. The van der Waals surface area contributed by atoms with Crippen molar-refractivity contribution in [1.82, 2.24) is 0 Å². The van der Waals surface area contributed by atoms with E-state index in [9.17, 15) is 9.59 Å². The van der Waals surface area contributed by atoms with Gasteiger partial charge in [-0.1, -0.05) is 30.3 Å². The molecule has 0 aromatic heterocycles. The summed E-state index contributed by atoms with van der Waals surface area (Å²) in [6.07, 6.45) is 1.42. The fourth-order valence-electron chi connectivity index (χ4n) is 2.77. The Morgan fingerprint density at radius 3 is 2.32 bits per heavy atom. The standard InChI is InChI=1S/C22H22O6/c1-14-7-5-6-8-16(14)13-26-19-12-15(9-10-18(19)25-4)11-17-20(23)27-22(2,3)28-21(17)24/h5-12H,13H2,1-4H3. The molecule has 146 valence electrons. The molecule has 1 aliphatic heterocycles. The van der Waals surface area contributed by atoms with Gasteiger partial charge in [-0.2, -0.15) is 0 Å². The Morgan fingerprint density at radius 2 is 1.68 bits per heavy atom. The molecule has 2 aromatic rings. The minimum atomic E-state index is -1.27. The molecule has 3 rings (SSSR count). The zero-order valence-corrected chi connectivity index (χ0v) is 16.3. The summed E-state index contributed by atoms with van der Waals surface area (Å²) in [4.78, 5) is 24.3. The fraction of sp³-hybridized carbons (Fsp3) is 0.273. The van der Waals surface area contributed by atoms with Crippen molar-refractivity contribution >= 4 is 18.0 Å². The molecule has 0 amide bonds. The third kappa shape index (κ3) is 4.34. The molecule has 6 heteroatoms. The van der Waals surface area contributed by atoms with Gasteiger partial charge in [0, 0.05) is 13.8 Å². The summed E-state index contributed by atoms with van der Waals surface area (Å²) in [5.74, 6) is -1.67. The van der Waals surface area contributed by atoms with E-state index in [-0.39, 0.29) is 5.57 Å². The summed E-state index contributed by atoms with van der Waals surface area (Å²) in [6, 6.07) is 13.0. The van der Waals surface area contributed by atoms with Crippen LogP contribution >= 0.6 is 0 Å². The van der Waals surface area contributed by atoms with Gasteiger partial charge in [0.1, 0.15) is 12.2 Å². The Kier molecular flexibility index (Phi) is 5.40. The van der Waals surface area contributed by atoms with Gasteiger partial charge >= 0.3 is 11.9 Å². The number of carbonyl (C=O) groups is 2. The first-order valence-corrected chi connectivity index (χ1v) is 8.83. The Balaban J connectivity index is 1.86. The number of carbonyl (C=O) groups excluding carboxylic acids is 2. The van der Waals surface area contributed by atoms with E-state index in [0.717, 1.165) is 11.1 Å². The number of ether oxygens (including phenoxy) is 4. The van der Waals surface area contributed by atoms with Gasteiger partial charge in [-0.3, -0.25) is 0 Å². The molecular weight excluding hydrogens is 360 g/mol. The molecule has 2 aromatic carbocycles. The number of rotatable bonds is 5. The number of esters is 2. The van der Waals surface area contributed by atoms with Gasteiger partial charge in [0.15, 0.2) is 11.5 Å². The van der Waals surface area contributed by atoms with Gasteiger partial charge in [0.25, 0.3) is 5.79 Å². The topological polar surface area (TPSA) is 71.1 Å². The van der Waals surface area contributed by atoms with Gasteiger partial charge < -0.3 is 18.9 Å². The van der Waals surface area contributed by atoms with Crippen molar-refractivity contribution in [3.05, 3.63) is 64.7 Å². The molecule has 28 heavy (non-hydrogen) atoms. The SMILES string of the molecule is COc1ccc(C=C2C(=O)OC(C)(C)OC2=O)cc1OCc1ccccc1C. The minimum absolute atomic E-state index is 0.172. The first-order chi connectivity index (χ1) is 13.3. The zero-order chi connectivity index (χ0) is 20.3. The van der Waals surface area contributed by atoms with Crippen LogP contribution in [0.25, 0.3) is 6.08 Å². The zero-order valence-electron chi connectivity index (χ0n) is 16.3. The van der Waals surface area contributed by atoms with E-state index in [4.69, 9.17) is 18.9 Å². The molecule has 6 nitrogen and oxygen atoms in total. The summed E-state index contributed by atoms with van der Waals surface area (Å²) < 4.78 is 21.5. The Labute approximate surface area is 163 Å². The summed E-state index contributed by atoms with van der Waals surface area (Å²) in [5.41, 5.74) is 2.59. The minimum Gasteiger partial charge on any atom is -0.493 e. The quantitative estimate of drug-likeness (QED) is 0.445. The molecule has 1 saturated heterocycles. The molecule has 0 saturated carbocycles. The van der Waals surface area contributed by atoms with E-state index >= 15 is 0 Å². The number of hydrogen-bond donors (Lipinski definition) is 0. The number of hydrogen-bond acceptors (Lipinski definition) is 6. The van der Waals surface area contributed by atoms with Crippen LogP contribution in [-0.4, -0.2) is 24.8 Å². The highest BCUT2D eigenvalue weighted by atomic mass is 16.7. The molecule has 0 atom stereocenters. The molecule has 0 bridgehead atoms. The van der Waals surface area contributed by atoms with Crippen LogP contribution in [0.1, 0.15) is 30.5 Å². The first-order valence-electron chi connectivity index (χ1n) is 8.83. The highest BCUT2D eigenvalue weighted by Gasteiger charge is 2.38. The number of benzene rings is 2. The molecule has 1 fully saturated rings. The van der Waals surface area contributed by atoms with E-state index in [1.54, 1.807) is 25.3 Å². The fourth-order valence-corrected chi connectivity index (χ4v) is 2.77. The lowest BCUT2D eigenvalue weighted by atomic mass is 10.1. The van der Waals surface area contributed by atoms with Crippen LogP contribution in [0.3, 0.4) is 0 Å². The highest BCUT2D eigenvalue weighted by Crippen LogP contribution is 2.31. The van der Waals surface area contributed by atoms with Crippen LogP contribution in [0.15, 0.2) is 48.0 Å². The van der Waals surface area contributed by atoms with Crippen molar-refractivity contribution in [2.45, 2.75) is 33.2 Å². The lowest BCUT2D eigenvalue weighted by Crippen LogP contribution is -2.41. The monoisotopic (exact) mass is 382 g/mol. The second-order valence-corrected chi connectivity index (χ2v) is 6.86. The number of aryl methyl sites for hydroxylation is 1. The van der Waals surface area contributed by atoms with Gasteiger partial charge in [-0.25, -0.2) is 9.59 Å². The molecule has 0 N–H and O–H groups in total. The van der Waals surface area contributed by atoms with Gasteiger partial charge in [-0.15, -0.1) is 0 Å². The second-order valence-electron chi connectivity index (χ2n) is 6.86. The van der Waals surface area contributed by atoms with Crippen molar-refractivity contribution in [1.29, 1.82) is 0 Å². The first kappa shape index (κ1) is 19.5. The number of methoxy groups -OCH3 is 1. The molecular formula is C22H22O6. The van der Waals surface area contributed by atoms with Crippen LogP contribution in [0.4, 0.5) is 0 Å².